The minimum atomic E-state index is 0.0586. The van der Waals surface area contributed by atoms with E-state index in [0.717, 1.165) is 38.0 Å². The molecular formula is C13H18N6OS. The lowest BCUT2D eigenvalue weighted by Crippen LogP contribution is -2.39. The summed E-state index contributed by atoms with van der Waals surface area (Å²) in [5, 5.41) is 8.14. The lowest BCUT2D eigenvalue weighted by atomic mass is 10.0. The summed E-state index contributed by atoms with van der Waals surface area (Å²) >= 11 is 1.29. The van der Waals surface area contributed by atoms with Crippen LogP contribution in [0.2, 0.25) is 0 Å². The molecule has 0 spiro atoms. The molecule has 0 aliphatic carbocycles. The highest BCUT2D eigenvalue weighted by molar-refractivity contribution is 7.17. The van der Waals surface area contributed by atoms with E-state index < -0.39 is 0 Å². The Labute approximate surface area is 126 Å². The van der Waals surface area contributed by atoms with E-state index in [1.54, 1.807) is 12.7 Å². The van der Waals surface area contributed by atoms with E-state index in [-0.39, 0.29) is 5.91 Å². The van der Waals surface area contributed by atoms with Gasteiger partial charge in [-0.15, -0.1) is 10.2 Å². The third-order valence-electron chi connectivity index (χ3n) is 3.85. The molecule has 0 saturated carbocycles. The summed E-state index contributed by atoms with van der Waals surface area (Å²) in [6, 6.07) is 0.376. The first-order chi connectivity index (χ1) is 10.2. The quantitative estimate of drug-likeness (QED) is 0.924. The van der Waals surface area contributed by atoms with Gasteiger partial charge in [-0.05, 0) is 19.3 Å². The van der Waals surface area contributed by atoms with Crippen LogP contribution in [0.5, 0.6) is 0 Å². The second-order valence-electron chi connectivity index (χ2n) is 5.11. The van der Waals surface area contributed by atoms with Crippen LogP contribution in [0.1, 0.15) is 41.2 Å². The Balaban J connectivity index is 1.67. The van der Waals surface area contributed by atoms with Crippen LogP contribution in [0.15, 0.2) is 12.7 Å². The number of aryl methyl sites for hydroxylation is 1. The summed E-state index contributed by atoms with van der Waals surface area (Å²) in [7, 11) is 0. The van der Waals surface area contributed by atoms with Crippen LogP contribution in [-0.4, -0.2) is 43.6 Å². The maximum atomic E-state index is 12.6. The number of piperidine rings is 1. The number of anilines is 1. The van der Waals surface area contributed by atoms with Crippen molar-refractivity contribution in [3.05, 3.63) is 23.2 Å². The number of nitrogens with zero attached hydrogens (tertiary/aromatic N) is 5. The second kappa shape index (κ2) is 5.80. The zero-order chi connectivity index (χ0) is 14.8. The van der Waals surface area contributed by atoms with Crippen LogP contribution in [0.3, 0.4) is 0 Å². The molecule has 21 heavy (non-hydrogen) atoms. The largest absolute Gasteiger partial charge is 0.375 e. The van der Waals surface area contributed by atoms with E-state index >= 15 is 0 Å². The summed E-state index contributed by atoms with van der Waals surface area (Å²) in [4.78, 5) is 19.4. The number of carbonyl (C=O) groups excluding carboxylic acids is 1. The normalized spacial score (nSPS) is 16.3. The molecule has 2 aromatic heterocycles. The molecule has 0 atom stereocenters. The maximum Gasteiger partial charge on any atom is 0.265 e. The third-order valence-corrected chi connectivity index (χ3v) is 4.77. The zero-order valence-electron chi connectivity index (χ0n) is 11.9. The van der Waals surface area contributed by atoms with Gasteiger partial charge < -0.3 is 15.2 Å². The predicted octanol–water partition coefficient (Wildman–Crippen LogP) is 1.36. The monoisotopic (exact) mass is 306 g/mol. The van der Waals surface area contributed by atoms with Gasteiger partial charge in [0.05, 0.1) is 5.69 Å². The standard InChI is InChI=1S/C13H18N6OS/c1-2-10-11(21-13(14)17-10)12(20)18-5-3-9(4-6-18)19-7-15-16-8-19/h7-9H,2-6H2,1H3,(H2,14,17). The molecule has 2 N–H and O–H groups in total. The number of thiazole rings is 1. The van der Waals surface area contributed by atoms with Crippen molar-refractivity contribution in [3.63, 3.8) is 0 Å². The Hall–Kier alpha value is -1.96. The molecule has 0 unspecified atom stereocenters. The second-order valence-corrected chi connectivity index (χ2v) is 6.14. The van der Waals surface area contributed by atoms with Crippen LogP contribution >= 0.6 is 11.3 Å². The minimum Gasteiger partial charge on any atom is -0.375 e. The molecule has 3 rings (SSSR count). The first-order valence-corrected chi connectivity index (χ1v) is 7.89. The van der Waals surface area contributed by atoms with Crippen LogP contribution in [0.25, 0.3) is 0 Å². The first-order valence-electron chi connectivity index (χ1n) is 7.07. The number of hydrogen-bond donors (Lipinski definition) is 1. The summed E-state index contributed by atoms with van der Waals surface area (Å²) in [6.07, 6.45) is 6.04. The van der Waals surface area contributed by atoms with Crippen molar-refractivity contribution in [2.45, 2.75) is 32.2 Å². The van der Waals surface area contributed by atoms with Gasteiger partial charge in [-0.3, -0.25) is 4.79 Å². The highest BCUT2D eigenvalue weighted by Gasteiger charge is 2.27. The summed E-state index contributed by atoms with van der Waals surface area (Å²) in [6.45, 7) is 3.47. The van der Waals surface area contributed by atoms with Crippen molar-refractivity contribution in [2.75, 3.05) is 18.8 Å². The highest BCUT2D eigenvalue weighted by atomic mass is 32.1. The number of carbonyl (C=O) groups is 1. The molecule has 1 amide bonds. The Morgan fingerprint density at radius 3 is 2.67 bits per heavy atom. The van der Waals surface area contributed by atoms with Gasteiger partial charge in [0, 0.05) is 19.1 Å². The fraction of sp³-hybridized carbons (Fsp3) is 0.538. The van der Waals surface area contributed by atoms with Crippen LogP contribution in [-0.2, 0) is 6.42 Å². The lowest BCUT2D eigenvalue weighted by molar-refractivity contribution is 0.0698. The fourth-order valence-corrected chi connectivity index (χ4v) is 3.57. The fourth-order valence-electron chi connectivity index (χ4n) is 2.68. The van der Waals surface area contributed by atoms with Crippen molar-refractivity contribution in [1.29, 1.82) is 0 Å². The molecular weight excluding hydrogens is 288 g/mol. The number of amides is 1. The summed E-state index contributed by atoms with van der Waals surface area (Å²) < 4.78 is 2.02. The van der Waals surface area contributed by atoms with Gasteiger partial charge in [0.2, 0.25) is 0 Å². The van der Waals surface area contributed by atoms with Crippen molar-refractivity contribution in [3.8, 4) is 0 Å². The lowest BCUT2D eigenvalue weighted by Gasteiger charge is -2.32. The number of rotatable bonds is 3. The number of likely N-dealkylation sites (tertiary alicyclic amines) is 1. The van der Waals surface area contributed by atoms with Gasteiger partial charge >= 0.3 is 0 Å². The topological polar surface area (TPSA) is 89.9 Å². The Bertz CT molecular complexity index is 615. The number of aromatic nitrogens is 4. The zero-order valence-corrected chi connectivity index (χ0v) is 12.7. The smallest absolute Gasteiger partial charge is 0.265 e. The van der Waals surface area contributed by atoms with E-state index in [4.69, 9.17) is 5.73 Å². The molecule has 1 aliphatic heterocycles. The van der Waals surface area contributed by atoms with E-state index in [1.807, 2.05) is 16.4 Å². The molecule has 1 fully saturated rings. The molecule has 1 aliphatic rings. The number of nitrogen functional groups attached to an aromatic ring is 1. The van der Waals surface area contributed by atoms with Gasteiger partial charge in [0.15, 0.2) is 5.13 Å². The van der Waals surface area contributed by atoms with Crippen molar-refractivity contribution in [1.82, 2.24) is 24.6 Å². The number of nitrogens with two attached hydrogens (primary N) is 1. The van der Waals surface area contributed by atoms with Crippen molar-refractivity contribution in [2.24, 2.45) is 0 Å². The highest BCUT2D eigenvalue weighted by Crippen LogP contribution is 2.27. The van der Waals surface area contributed by atoms with Crippen LogP contribution in [0.4, 0.5) is 5.13 Å². The van der Waals surface area contributed by atoms with E-state index in [0.29, 0.717) is 16.1 Å². The van der Waals surface area contributed by atoms with Gasteiger partial charge in [0.25, 0.3) is 5.91 Å². The molecule has 2 aromatic rings. The molecule has 0 bridgehead atoms. The van der Waals surface area contributed by atoms with Crippen LogP contribution < -0.4 is 5.73 Å². The van der Waals surface area contributed by atoms with Gasteiger partial charge in [0.1, 0.15) is 17.5 Å². The molecule has 8 heteroatoms. The van der Waals surface area contributed by atoms with E-state index in [2.05, 4.69) is 15.2 Å². The molecule has 112 valence electrons. The maximum absolute atomic E-state index is 12.6. The Kier molecular flexibility index (Phi) is 3.87. The third kappa shape index (κ3) is 2.76. The average Bonchev–Trinajstić information content (AvgIpc) is 3.16. The predicted molar refractivity (Wildman–Crippen MR) is 80.1 cm³/mol. The SMILES string of the molecule is CCc1nc(N)sc1C(=O)N1CCC(n2cnnc2)CC1. The minimum absolute atomic E-state index is 0.0586. The Morgan fingerprint density at radius 2 is 2.05 bits per heavy atom. The van der Waals surface area contributed by atoms with Crippen molar-refractivity contribution >= 4 is 22.4 Å². The van der Waals surface area contributed by atoms with Gasteiger partial charge in [-0.2, -0.15) is 0 Å². The number of hydrogen-bond acceptors (Lipinski definition) is 6. The summed E-state index contributed by atoms with van der Waals surface area (Å²) in [5.74, 6) is 0.0586. The van der Waals surface area contributed by atoms with E-state index in [1.165, 1.54) is 11.3 Å². The van der Waals surface area contributed by atoms with E-state index in [9.17, 15) is 4.79 Å². The van der Waals surface area contributed by atoms with Gasteiger partial charge in [-0.1, -0.05) is 18.3 Å². The van der Waals surface area contributed by atoms with Crippen LogP contribution in [0, 0.1) is 0 Å². The van der Waals surface area contributed by atoms with Crippen molar-refractivity contribution < 1.29 is 4.79 Å². The first kappa shape index (κ1) is 14.0. The molecule has 1 saturated heterocycles. The molecule has 3 heterocycles. The molecule has 7 nitrogen and oxygen atoms in total. The molecule has 0 aromatic carbocycles. The summed E-state index contributed by atoms with van der Waals surface area (Å²) in [5.41, 5.74) is 6.54. The van der Waals surface area contributed by atoms with Gasteiger partial charge in [-0.25, -0.2) is 4.98 Å². The average molecular weight is 306 g/mol. The molecule has 0 radical (unpaired) electrons. The Morgan fingerprint density at radius 1 is 1.38 bits per heavy atom.